The maximum atomic E-state index is 13.3. The van der Waals surface area contributed by atoms with Gasteiger partial charge in [-0.2, -0.15) is 0 Å². The number of hydrogen-bond donors (Lipinski definition) is 1. The van der Waals surface area contributed by atoms with Gasteiger partial charge in [0.1, 0.15) is 11.6 Å². The van der Waals surface area contributed by atoms with Crippen molar-refractivity contribution in [2.75, 3.05) is 0 Å². The fourth-order valence-electron chi connectivity index (χ4n) is 8.25. The van der Waals surface area contributed by atoms with Crippen LogP contribution >= 0.6 is 0 Å². The number of carboxylic acids is 1. The molecule has 1 N–H and O–H groups in total. The zero-order valence-electron chi connectivity index (χ0n) is 17.7. The summed E-state index contributed by atoms with van der Waals surface area (Å²) in [7, 11) is 0. The Balaban J connectivity index is 1.57. The molecule has 0 radical (unpaired) electrons. The Bertz CT molecular complexity index is 684. The summed E-state index contributed by atoms with van der Waals surface area (Å²) in [4.78, 5) is 36.4. The number of fused-ring (bicyclic) bond motifs is 5. The average molecular weight is 389 g/mol. The first-order valence-corrected chi connectivity index (χ1v) is 11.4. The molecule has 8 atom stereocenters. The van der Waals surface area contributed by atoms with Crippen LogP contribution in [-0.4, -0.2) is 22.6 Å². The van der Waals surface area contributed by atoms with Crippen LogP contribution in [-0.2, 0) is 14.4 Å². The van der Waals surface area contributed by atoms with Crippen LogP contribution in [0.4, 0.5) is 0 Å². The van der Waals surface area contributed by atoms with Crippen molar-refractivity contribution in [2.45, 2.75) is 85.0 Å². The van der Waals surface area contributed by atoms with E-state index in [0.29, 0.717) is 54.5 Å². The second-order valence-corrected chi connectivity index (χ2v) is 11.0. The second-order valence-electron chi connectivity index (χ2n) is 11.0. The highest BCUT2D eigenvalue weighted by Gasteiger charge is 2.63. The number of rotatable bonds is 4. The predicted molar refractivity (Wildman–Crippen MR) is 107 cm³/mol. The molecule has 0 spiro atoms. The summed E-state index contributed by atoms with van der Waals surface area (Å²) in [6, 6.07) is 0. The van der Waals surface area contributed by atoms with Gasteiger partial charge in [-0.05, 0) is 78.9 Å². The normalized spacial score (nSPS) is 46.5. The maximum Gasteiger partial charge on any atom is 0.303 e. The highest BCUT2D eigenvalue weighted by molar-refractivity contribution is 5.86. The lowest BCUT2D eigenvalue weighted by atomic mass is 9.44. The Labute approximate surface area is 168 Å². The standard InChI is InChI=1S/C24H36O4/c1-14(4-7-21(27)28)17-5-6-18-22-19(9-11-24(17,18)3)23(2)10-8-16(25)12-15(23)13-20(22)26/h14-15,17-19,22H,4-13H2,1-3H3,(H,27,28)/t14-,15-,17+,18-,19-,22-,23-,24+/m0/s1. The topological polar surface area (TPSA) is 71.4 Å². The van der Waals surface area contributed by atoms with Gasteiger partial charge in [0.2, 0.25) is 0 Å². The fourth-order valence-corrected chi connectivity index (χ4v) is 8.25. The second kappa shape index (κ2) is 6.95. The lowest BCUT2D eigenvalue weighted by Gasteiger charge is -2.59. The number of carbonyl (C=O) groups excluding carboxylic acids is 2. The Morgan fingerprint density at radius 2 is 1.79 bits per heavy atom. The van der Waals surface area contributed by atoms with Gasteiger partial charge in [0.05, 0.1) is 0 Å². The maximum absolute atomic E-state index is 13.3. The molecule has 0 heterocycles. The molecule has 0 aliphatic heterocycles. The first-order chi connectivity index (χ1) is 13.2. The summed E-state index contributed by atoms with van der Waals surface area (Å²) < 4.78 is 0. The molecule has 4 fully saturated rings. The molecule has 28 heavy (non-hydrogen) atoms. The third kappa shape index (κ3) is 2.97. The van der Waals surface area contributed by atoms with E-state index < -0.39 is 5.97 Å². The van der Waals surface area contributed by atoms with Crippen LogP contribution in [0, 0.1) is 46.3 Å². The Morgan fingerprint density at radius 1 is 1.07 bits per heavy atom. The van der Waals surface area contributed by atoms with E-state index >= 15 is 0 Å². The molecular weight excluding hydrogens is 352 g/mol. The number of carboxylic acid groups (broad SMARTS) is 1. The molecule has 4 aliphatic carbocycles. The van der Waals surface area contributed by atoms with E-state index in [0.717, 1.165) is 38.5 Å². The zero-order valence-corrected chi connectivity index (χ0v) is 17.7. The van der Waals surface area contributed by atoms with E-state index in [1.807, 2.05) is 0 Å². The van der Waals surface area contributed by atoms with Crippen LogP contribution in [0.2, 0.25) is 0 Å². The molecule has 0 saturated heterocycles. The molecule has 156 valence electrons. The predicted octanol–water partition coefficient (Wildman–Crippen LogP) is 4.89. The molecule has 0 bridgehead atoms. The first kappa shape index (κ1) is 20.1. The zero-order chi connectivity index (χ0) is 20.3. The first-order valence-electron chi connectivity index (χ1n) is 11.4. The van der Waals surface area contributed by atoms with Crippen LogP contribution in [0.15, 0.2) is 0 Å². The summed E-state index contributed by atoms with van der Waals surface area (Å²) in [5.41, 5.74) is 0.323. The number of Topliss-reactive ketones (excluding diaryl/α,β-unsaturated/α-hetero) is 2. The number of ketones is 2. The molecule has 0 amide bonds. The summed E-state index contributed by atoms with van der Waals surface area (Å²) in [5, 5.41) is 9.08. The van der Waals surface area contributed by atoms with Crippen molar-refractivity contribution in [1.82, 2.24) is 0 Å². The van der Waals surface area contributed by atoms with Crippen LogP contribution in [0.3, 0.4) is 0 Å². The third-order valence-corrected chi connectivity index (χ3v) is 9.86. The van der Waals surface area contributed by atoms with E-state index in [4.69, 9.17) is 5.11 Å². The van der Waals surface area contributed by atoms with Crippen LogP contribution in [0.1, 0.15) is 85.0 Å². The quantitative estimate of drug-likeness (QED) is 0.744. The average Bonchev–Trinajstić information content (AvgIpc) is 2.98. The molecule has 4 rings (SSSR count). The number of hydrogen-bond acceptors (Lipinski definition) is 3. The monoisotopic (exact) mass is 388 g/mol. The Morgan fingerprint density at radius 3 is 2.50 bits per heavy atom. The van der Waals surface area contributed by atoms with Crippen molar-refractivity contribution in [3.63, 3.8) is 0 Å². The minimum atomic E-state index is -0.705. The van der Waals surface area contributed by atoms with E-state index in [-0.39, 0.29) is 29.1 Å². The van der Waals surface area contributed by atoms with Gasteiger partial charge in [0, 0.05) is 31.6 Å². The lowest BCUT2D eigenvalue weighted by Crippen LogP contribution is -2.57. The number of aliphatic carboxylic acids is 1. The Kier molecular flexibility index (Phi) is 4.99. The number of carbonyl (C=O) groups is 3. The molecule has 4 aliphatic rings. The van der Waals surface area contributed by atoms with Gasteiger partial charge in [-0.25, -0.2) is 0 Å². The van der Waals surface area contributed by atoms with Crippen LogP contribution in [0.25, 0.3) is 0 Å². The summed E-state index contributed by atoms with van der Waals surface area (Å²) in [6.45, 7) is 6.99. The van der Waals surface area contributed by atoms with E-state index in [1.165, 1.54) is 0 Å². The van der Waals surface area contributed by atoms with Gasteiger partial charge in [-0.15, -0.1) is 0 Å². The molecule has 0 aromatic heterocycles. The van der Waals surface area contributed by atoms with Gasteiger partial charge in [-0.1, -0.05) is 20.8 Å². The summed E-state index contributed by atoms with van der Waals surface area (Å²) in [6.07, 6.45) is 8.38. The van der Waals surface area contributed by atoms with Gasteiger partial charge in [-0.3, -0.25) is 14.4 Å². The van der Waals surface area contributed by atoms with Gasteiger partial charge < -0.3 is 5.11 Å². The van der Waals surface area contributed by atoms with Crippen molar-refractivity contribution >= 4 is 17.5 Å². The third-order valence-electron chi connectivity index (χ3n) is 9.86. The molecular formula is C24H36O4. The smallest absolute Gasteiger partial charge is 0.303 e. The van der Waals surface area contributed by atoms with Crippen molar-refractivity contribution in [3.05, 3.63) is 0 Å². The van der Waals surface area contributed by atoms with E-state index in [1.54, 1.807) is 0 Å². The highest BCUT2D eigenvalue weighted by atomic mass is 16.4. The Hall–Kier alpha value is -1.19. The molecule has 0 unspecified atom stereocenters. The lowest BCUT2D eigenvalue weighted by molar-refractivity contribution is -0.159. The summed E-state index contributed by atoms with van der Waals surface area (Å²) in [5.74, 6) is 2.33. The SMILES string of the molecule is C[C@@H](CCC(=O)O)[C@H]1CC[C@H]2[C@@H]3C(=O)C[C@@H]4CC(=O)CC[C@]4(C)[C@H]3CC[C@]12C. The largest absolute Gasteiger partial charge is 0.481 e. The van der Waals surface area contributed by atoms with Crippen molar-refractivity contribution in [1.29, 1.82) is 0 Å². The minimum absolute atomic E-state index is 0.154. The minimum Gasteiger partial charge on any atom is -0.481 e. The molecule has 4 saturated carbocycles. The van der Waals surface area contributed by atoms with Crippen LogP contribution < -0.4 is 0 Å². The molecule has 0 aromatic rings. The molecule has 0 aromatic carbocycles. The van der Waals surface area contributed by atoms with Crippen molar-refractivity contribution in [3.8, 4) is 0 Å². The summed E-state index contributed by atoms with van der Waals surface area (Å²) >= 11 is 0. The highest BCUT2D eigenvalue weighted by Crippen LogP contribution is 2.67. The van der Waals surface area contributed by atoms with Gasteiger partial charge >= 0.3 is 5.97 Å². The van der Waals surface area contributed by atoms with Crippen LogP contribution in [0.5, 0.6) is 0 Å². The van der Waals surface area contributed by atoms with Gasteiger partial charge in [0.15, 0.2) is 0 Å². The fraction of sp³-hybridized carbons (Fsp3) is 0.875. The van der Waals surface area contributed by atoms with Crippen molar-refractivity contribution < 1.29 is 19.5 Å². The van der Waals surface area contributed by atoms with Gasteiger partial charge in [0.25, 0.3) is 0 Å². The van der Waals surface area contributed by atoms with E-state index in [2.05, 4.69) is 20.8 Å². The van der Waals surface area contributed by atoms with Crippen molar-refractivity contribution in [2.24, 2.45) is 46.3 Å². The van der Waals surface area contributed by atoms with E-state index in [9.17, 15) is 14.4 Å². The molecule has 4 heteroatoms. The molecule has 4 nitrogen and oxygen atoms in total.